The maximum absolute atomic E-state index is 12.4. The van der Waals surface area contributed by atoms with Gasteiger partial charge in [-0.15, -0.1) is 0 Å². The van der Waals surface area contributed by atoms with E-state index < -0.39 is 0 Å². The van der Waals surface area contributed by atoms with Gasteiger partial charge in [-0.1, -0.05) is 66.2 Å². The summed E-state index contributed by atoms with van der Waals surface area (Å²) >= 11 is 0. The number of ketones is 1. The van der Waals surface area contributed by atoms with Crippen molar-refractivity contribution in [3.63, 3.8) is 0 Å². The Bertz CT molecular complexity index is 645. The Morgan fingerprint density at radius 1 is 0.905 bits per heavy atom. The first-order valence-electron chi connectivity index (χ1n) is 7.30. The largest absolute Gasteiger partial charge is 0.292 e. The first-order chi connectivity index (χ1) is 10.2. The molecule has 1 aliphatic heterocycles. The van der Waals surface area contributed by atoms with E-state index in [-0.39, 0.29) is 5.78 Å². The average molecular weight is 277 g/mol. The van der Waals surface area contributed by atoms with E-state index in [1.54, 1.807) is 0 Å². The van der Waals surface area contributed by atoms with E-state index in [0.717, 1.165) is 30.8 Å². The number of rotatable bonds is 4. The molecule has 2 aromatic carbocycles. The average Bonchev–Trinajstić information content (AvgIpc) is 3.01. The number of carbonyl (C=O) groups excluding carboxylic acids is 1. The van der Waals surface area contributed by atoms with Gasteiger partial charge in [0.2, 0.25) is 0 Å². The van der Waals surface area contributed by atoms with Crippen molar-refractivity contribution < 1.29 is 4.79 Å². The minimum absolute atomic E-state index is 0.0874. The molecule has 0 aliphatic carbocycles. The lowest BCUT2D eigenvalue weighted by molar-refractivity contribution is 0.103. The number of benzene rings is 2. The number of hydrogen-bond donors (Lipinski definition) is 0. The van der Waals surface area contributed by atoms with Crippen molar-refractivity contribution in [2.75, 3.05) is 13.1 Å². The molecule has 0 radical (unpaired) electrons. The zero-order valence-electron chi connectivity index (χ0n) is 12.3. The van der Waals surface area contributed by atoms with Gasteiger partial charge in [-0.2, -0.15) is 0 Å². The quantitative estimate of drug-likeness (QED) is 0.628. The molecular formula is C19H19NO. The summed E-state index contributed by atoms with van der Waals surface area (Å²) in [6.45, 7) is 5.00. The fraction of sp³-hybridized carbons (Fsp3) is 0.211. The van der Waals surface area contributed by atoms with Crippen molar-refractivity contribution in [3.8, 4) is 0 Å². The van der Waals surface area contributed by atoms with Gasteiger partial charge >= 0.3 is 0 Å². The molecule has 0 saturated heterocycles. The second kappa shape index (κ2) is 6.06. The number of carbonyl (C=O) groups is 1. The second-order valence-corrected chi connectivity index (χ2v) is 5.56. The van der Waals surface area contributed by atoms with Gasteiger partial charge in [0.25, 0.3) is 0 Å². The zero-order valence-corrected chi connectivity index (χ0v) is 12.3. The Morgan fingerprint density at radius 3 is 2.00 bits per heavy atom. The van der Waals surface area contributed by atoms with Crippen LogP contribution in [0, 0.1) is 6.92 Å². The van der Waals surface area contributed by atoms with E-state index in [1.807, 2.05) is 43.3 Å². The van der Waals surface area contributed by atoms with Crippen LogP contribution in [0.25, 0.3) is 0 Å². The molecule has 2 heteroatoms. The molecule has 0 atom stereocenters. The minimum Gasteiger partial charge on any atom is -0.292 e. The summed E-state index contributed by atoms with van der Waals surface area (Å²) in [5.41, 5.74) is 3.92. The molecule has 1 aliphatic rings. The predicted molar refractivity (Wildman–Crippen MR) is 85.5 cm³/mol. The Labute approximate surface area is 125 Å². The maximum Gasteiger partial charge on any atom is 0.193 e. The molecule has 1 heterocycles. The summed E-state index contributed by atoms with van der Waals surface area (Å²) in [5.74, 6) is 0.0874. The standard InChI is InChI=1S/C19H19NO/c1-15-4-8-17(9-5-15)19(21)18-10-6-16(7-11-18)14-20-12-2-3-13-20/h2-11H,12-14H2,1H3. The van der Waals surface area contributed by atoms with Gasteiger partial charge in [-0.3, -0.25) is 9.69 Å². The summed E-state index contributed by atoms with van der Waals surface area (Å²) in [6.07, 6.45) is 4.38. The maximum atomic E-state index is 12.4. The smallest absolute Gasteiger partial charge is 0.193 e. The minimum atomic E-state index is 0.0874. The molecule has 0 N–H and O–H groups in total. The van der Waals surface area contributed by atoms with Crippen LogP contribution in [0.5, 0.6) is 0 Å². The number of hydrogen-bond acceptors (Lipinski definition) is 2. The van der Waals surface area contributed by atoms with E-state index in [0.29, 0.717) is 0 Å². The molecular weight excluding hydrogens is 258 g/mol. The van der Waals surface area contributed by atoms with Crippen LogP contribution in [0.2, 0.25) is 0 Å². The van der Waals surface area contributed by atoms with Gasteiger partial charge in [-0.05, 0) is 12.5 Å². The summed E-state index contributed by atoms with van der Waals surface area (Å²) in [5, 5.41) is 0. The molecule has 0 spiro atoms. The predicted octanol–water partition coefficient (Wildman–Crippen LogP) is 3.60. The highest BCUT2D eigenvalue weighted by molar-refractivity contribution is 6.08. The van der Waals surface area contributed by atoms with Crippen molar-refractivity contribution in [1.29, 1.82) is 0 Å². The Balaban J connectivity index is 1.71. The van der Waals surface area contributed by atoms with Gasteiger partial charge < -0.3 is 0 Å². The third kappa shape index (κ3) is 3.29. The lowest BCUT2D eigenvalue weighted by Crippen LogP contribution is -2.19. The van der Waals surface area contributed by atoms with Crippen LogP contribution in [0.4, 0.5) is 0 Å². The Morgan fingerprint density at radius 2 is 1.43 bits per heavy atom. The van der Waals surface area contributed by atoms with Crippen molar-refractivity contribution in [2.45, 2.75) is 13.5 Å². The van der Waals surface area contributed by atoms with Crippen molar-refractivity contribution >= 4 is 5.78 Å². The van der Waals surface area contributed by atoms with Crippen LogP contribution in [0.1, 0.15) is 27.0 Å². The van der Waals surface area contributed by atoms with Gasteiger partial charge in [0.05, 0.1) is 0 Å². The molecule has 0 bridgehead atoms. The van der Waals surface area contributed by atoms with Crippen LogP contribution >= 0.6 is 0 Å². The fourth-order valence-electron chi connectivity index (χ4n) is 2.54. The van der Waals surface area contributed by atoms with Crippen LogP contribution < -0.4 is 0 Å². The molecule has 3 rings (SSSR count). The molecule has 0 saturated carbocycles. The van der Waals surface area contributed by atoms with E-state index in [1.165, 1.54) is 11.1 Å². The molecule has 106 valence electrons. The third-order valence-corrected chi connectivity index (χ3v) is 3.83. The fourth-order valence-corrected chi connectivity index (χ4v) is 2.54. The number of nitrogens with zero attached hydrogens (tertiary/aromatic N) is 1. The highest BCUT2D eigenvalue weighted by atomic mass is 16.1. The summed E-state index contributed by atoms with van der Waals surface area (Å²) in [7, 11) is 0. The molecule has 2 nitrogen and oxygen atoms in total. The molecule has 2 aromatic rings. The van der Waals surface area contributed by atoms with Gasteiger partial charge in [0.1, 0.15) is 0 Å². The first kappa shape index (κ1) is 13.8. The topological polar surface area (TPSA) is 20.3 Å². The summed E-state index contributed by atoms with van der Waals surface area (Å²) < 4.78 is 0. The SMILES string of the molecule is Cc1ccc(C(=O)c2ccc(CN3CC=CC3)cc2)cc1. The molecule has 0 fully saturated rings. The number of aryl methyl sites for hydroxylation is 1. The van der Waals surface area contributed by atoms with Crippen LogP contribution in [0.3, 0.4) is 0 Å². The molecule has 0 aromatic heterocycles. The normalized spacial score (nSPS) is 14.5. The lowest BCUT2D eigenvalue weighted by Gasteiger charge is -2.14. The monoisotopic (exact) mass is 277 g/mol. The highest BCUT2D eigenvalue weighted by Gasteiger charge is 2.10. The zero-order chi connectivity index (χ0) is 14.7. The summed E-state index contributed by atoms with van der Waals surface area (Å²) in [6, 6.07) is 15.7. The van der Waals surface area contributed by atoms with Gasteiger partial charge in [0, 0.05) is 30.8 Å². The second-order valence-electron chi connectivity index (χ2n) is 5.56. The van der Waals surface area contributed by atoms with Crippen molar-refractivity contribution in [1.82, 2.24) is 4.90 Å². The Kier molecular flexibility index (Phi) is 3.98. The van der Waals surface area contributed by atoms with E-state index in [4.69, 9.17) is 0 Å². The first-order valence-corrected chi connectivity index (χ1v) is 7.30. The Hall–Kier alpha value is -2.19. The van der Waals surface area contributed by atoms with E-state index >= 15 is 0 Å². The van der Waals surface area contributed by atoms with Gasteiger partial charge in [-0.25, -0.2) is 0 Å². The molecule has 0 amide bonds. The highest BCUT2D eigenvalue weighted by Crippen LogP contribution is 2.14. The molecule has 21 heavy (non-hydrogen) atoms. The van der Waals surface area contributed by atoms with Crippen LogP contribution in [-0.2, 0) is 6.54 Å². The summed E-state index contributed by atoms with van der Waals surface area (Å²) in [4.78, 5) is 14.8. The van der Waals surface area contributed by atoms with Crippen LogP contribution in [-0.4, -0.2) is 23.8 Å². The van der Waals surface area contributed by atoms with E-state index in [2.05, 4.69) is 29.2 Å². The van der Waals surface area contributed by atoms with Gasteiger partial charge in [0.15, 0.2) is 5.78 Å². The van der Waals surface area contributed by atoms with Crippen molar-refractivity contribution in [2.24, 2.45) is 0 Å². The van der Waals surface area contributed by atoms with Crippen LogP contribution in [0.15, 0.2) is 60.7 Å². The third-order valence-electron chi connectivity index (χ3n) is 3.83. The lowest BCUT2D eigenvalue weighted by atomic mass is 10.0. The van der Waals surface area contributed by atoms with Crippen molar-refractivity contribution in [3.05, 3.63) is 82.9 Å². The van der Waals surface area contributed by atoms with E-state index in [9.17, 15) is 4.79 Å². The molecule has 0 unspecified atom stereocenters.